The van der Waals surface area contributed by atoms with Crippen LogP contribution in [0.1, 0.15) is 29.3 Å². The van der Waals surface area contributed by atoms with E-state index in [-0.39, 0.29) is 18.9 Å². The van der Waals surface area contributed by atoms with Gasteiger partial charge in [0.15, 0.2) is 6.61 Å². The van der Waals surface area contributed by atoms with Crippen LogP contribution in [-0.4, -0.2) is 23.5 Å². The molecule has 0 aliphatic carbocycles. The van der Waals surface area contributed by atoms with Crippen molar-refractivity contribution in [3.63, 3.8) is 0 Å². The first kappa shape index (κ1) is 20.7. The van der Waals surface area contributed by atoms with E-state index in [0.717, 1.165) is 33.8 Å². The zero-order valence-corrected chi connectivity index (χ0v) is 17.6. The van der Waals surface area contributed by atoms with Gasteiger partial charge in [-0.25, -0.2) is 4.98 Å². The van der Waals surface area contributed by atoms with E-state index in [1.54, 1.807) is 0 Å². The van der Waals surface area contributed by atoms with Gasteiger partial charge in [-0.3, -0.25) is 9.59 Å². The number of nitrogens with zero attached hydrogens (tertiary/aromatic N) is 1. The Bertz CT molecular complexity index is 1010. The van der Waals surface area contributed by atoms with Crippen LogP contribution >= 0.6 is 11.3 Å². The Labute approximate surface area is 174 Å². The summed E-state index contributed by atoms with van der Waals surface area (Å²) in [7, 11) is 0. The fourth-order valence-corrected chi connectivity index (χ4v) is 3.65. The normalized spacial score (nSPS) is 10.6. The summed E-state index contributed by atoms with van der Waals surface area (Å²) >= 11 is 1.49. The Kier molecular flexibility index (Phi) is 6.77. The highest BCUT2D eigenvalue weighted by atomic mass is 32.1. The summed E-state index contributed by atoms with van der Waals surface area (Å²) in [5.41, 5.74) is 5.75. The third-order valence-corrected chi connectivity index (χ3v) is 5.67. The number of ether oxygens (including phenoxy) is 1. The van der Waals surface area contributed by atoms with Crippen molar-refractivity contribution >= 4 is 28.9 Å². The first-order valence-corrected chi connectivity index (χ1v) is 10.4. The van der Waals surface area contributed by atoms with Crippen molar-refractivity contribution in [3.05, 3.63) is 70.2 Å². The van der Waals surface area contributed by atoms with Crippen LogP contribution in [0.2, 0.25) is 0 Å². The topological polar surface area (TPSA) is 68.3 Å². The summed E-state index contributed by atoms with van der Waals surface area (Å²) in [5, 5.41) is 5.49. The molecule has 1 heterocycles. The molecule has 0 unspecified atom stereocenters. The summed E-state index contributed by atoms with van der Waals surface area (Å²) in [6.45, 7) is 5.71. The Morgan fingerprint density at radius 2 is 1.86 bits per heavy atom. The van der Waals surface area contributed by atoms with Crippen molar-refractivity contribution in [2.45, 2.75) is 33.6 Å². The Morgan fingerprint density at radius 3 is 2.59 bits per heavy atom. The second kappa shape index (κ2) is 9.47. The van der Waals surface area contributed by atoms with Crippen molar-refractivity contribution in [2.24, 2.45) is 0 Å². The number of aromatic nitrogens is 1. The summed E-state index contributed by atoms with van der Waals surface area (Å²) in [5.74, 6) is -0.832. The number of benzene rings is 2. The smallest absolute Gasteiger partial charge is 0.312 e. The van der Waals surface area contributed by atoms with Gasteiger partial charge < -0.3 is 10.1 Å². The van der Waals surface area contributed by atoms with E-state index in [2.05, 4.69) is 29.4 Å². The number of carbonyl (C=O) groups excluding carboxylic acids is 2. The lowest BCUT2D eigenvalue weighted by molar-refractivity contribution is -0.146. The highest BCUT2D eigenvalue weighted by molar-refractivity contribution is 7.13. The van der Waals surface area contributed by atoms with E-state index in [0.29, 0.717) is 5.69 Å². The summed E-state index contributed by atoms with van der Waals surface area (Å²) in [6.07, 6.45) is 1.03. The fraction of sp³-hybridized carbons (Fsp3) is 0.261. The van der Waals surface area contributed by atoms with Crippen molar-refractivity contribution in [2.75, 3.05) is 11.9 Å². The SMILES string of the molecule is CCc1ccc(-c2nc(CC(=O)OCC(=O)Nc3cccc(C)c3C)cs2)cc1. The summed E-state index contributed by atoms with van der Waals surface area (Å²) < 4.78 is 5.11. The van der Waals surface area contributed by atoms with Gasteiger partial charge in [0.1, 0.15) is 5.01 Å². The minimum Gasteiger partial charge on any atom is -0.455 e. The van der Waals surface area contributed by atoms with E-state index < -0.39 is 5.97 Å². The highest BCUT2D eigenvalue weighted by Gasteiger charge is 2.13. The largest absolute Gasteiger partial charge is 0.455 e. The predicted octanol–water partition coefficient (Wildman–Crippen LogP) is 4.71. The van der Waals surface area contributed by atoms with Crippen LogP contribution < -0.4 is 5.32 Å². The standard InChI is InChI=1S/C23H24N2O3S/c1-4-17-8-10-18(11-9-17)23-24-19(14-29-23)12-22(27)28-13-21(26)25-20-7-5-6-15(2)16(20)3/h5-11,14H,4,12-13H2,1-3H3,(H,25,26). The minimum atomic E-state index is -0.473. The van der Waals surface area contributed by atoms with Gasteiger partial charge in [0.05, 0.1) is 12.1 Å². The number of carbonyl (C=O) groups is 2. The van der Waals surface area contributed by atoms with E-state index in [1.165, 1.54) is 16.9 Å². The lowest BCUT2D eigenvalue weighted by Gasteiger charge is -2.10. The molecule has 2 aromatic carbocycles. The van der Waals surface area contributed by atoms with Crippen LogP contribution in [0.4, 0.5) is 5.69 Å². The molecule has 1 amide bonds. The molecule has 0 atom stereocenters. The van der Waals surface area contributed by atoms with Gasteiger partial charge in [0.25, 0.3) is 5.91 Å². The van der Waals surface area contributed by atoms with Gasteiger partial charge in [-0.15, -0.1) is 11.3 Å². The fourth-order valence-electron chi connectivity index (χ4n) is 2.82. The maximum Gasteiger partial charge on any atom is 0.312 e. The van der Waals surface area contributed by atoms with Gasteiger partial charge >= 0.3 is 5.97 Å². The van der Waals surface area contributed by atoms with Gasteiger partial charge in [-0.2, -0.15) is 0 Å². The Hall–Kier alpha value is -2.99. The molecule has 3 rings (SSSR count). The van der Waals surface area contributed by atoms with E-state index in [9.17, 15) is 9.59 Å². The molecule has 0 spiro atoms. The van der Waals surface area contributed by atoms with Gasteiger partial charge in [-0.1, -0.05) is 43.3 Å². The maximum absolute atomic E-state index is 12.1. The molecule has 3 aromatic rings. The average molecular weight is 409 g/mol. The van der Waals surface area contributed by atoms with Gasteiger partial charge in [0.2, 0.25) is 0 Å². The Balaban J connectivity index is 1.51. The second-order valence-corrected chi connectivity index (χ2v) is 7.69. The van der Waals surface area contributed by atoms with Crippen LogP contribution in [0.5, 0.6) is 0 Å². The molecule has 1 N–H and O–H groups in total. The number of hydrogen-bond donors (Lipinski definition) is 1. The first-order chi connectivity index (χ1) is 14.0. The lowest BCUT2D eigenvalue weighted by Crippen LogP contribution is -2.22. The number of anilines is 1. The molecule has 0 aliphatic heterocycles. The summed E-state index contributed by atoms with van der Waals surface area (Å²) in [4.78, 5) is 28.7. The molecule has 0 saturated carbocycles. The predicted molar refractivity (Wildman–Crippen MR) is 116 cm³/mol. The van der Waals surface area contributed by atoms with E-state index in [1.807, 2.05) is 49.6 Å². The highest BCUT2D eigenvalue weighted by Crippen LogP contribution is 2.24. The molecule has 0 bridgehead atoms. The van der Waals surface area contributed by atoms with Gasteiger partial charge in [-0.05, 0) is 43.0 Å². The molecule has 1 aromatic heterocycles. The molecular weight excluding hydrogens is 384 g/mol. The minimum absolute atomic E-state index is 0.0420. The molecule has 0 radical (unpaired) electrons. The average Bonchev–Trinajstić information content (AvgIpc) is 3.18. The van der Waals surface area contributed by atoms with Gasteiger partial charge in [0, 0.05) is 16.6 Å². The first-order valence-electron chi connectivity index (χ1n) is 9.51. The number of thiazole rings is 1. The quantitative estimate of drug-likeness (QED) is 0.575. The number of aryl methyl sites for hydroxylation is 2. The van der Waals surface area contributed by atoms with E-state index >= 15 is 0 Å². The van der Waals surface area contributed by atoms with Crippen LogP contribution in [0, 0.1) is 13.8 Å². The number of rotatable bonds is 7. The number of esters is 1. The molecular formula is C23H24N2O3S. The number of hydrogen-bond acceptors (Lipinski definition) is 5. The second-order valence-electron chi connectivity index (χ2n) is 6.83. The van der Waals surface area contributed by atoms with Crippen molar-refractivity contribution in [1.82, 2.24) is 4.98 Å². The van der Waals surface area contributed by atoms with E-state index in [4.69, 9.17) is 4.74 Å². The molecule has 0 saturated heterocycles. The Morgan fingerprint density at radius 1 is 1.10 bits per heavy atom. The molecule has 0 fully saturated rings. The zero-order valence-electron chi connectivity index (χ0n) is 16.8. The van der Waals surface area contributed by atoms with Crippen LogP contribution in [0.3, 0.4) is 0 Å². The number of nitrogens with one attached hydrogen (secondary N) is 1. The maximum atomic E-state index is 12.1. The number of amides is 1. The molecule has 6 heteroatoms. The van der Waals surface area contributed by atoms with Crippen molar-refractivity contribution < 1.29 is 14.3 Å². The lowest BCUT2D eigenvalue weighted by atomic mass is 10.1. The third kappa shape index (κ3) is 5.51. The van der Waals surface area contributed by atoms with Crippen molar-refractivity contribution in [1.29, 1.82) is 0 Å². The molecule has 5 nitrogen and oxygen atoms in total. The van der Waals surface area contributed by atoms with Crippen LogP contribution in [0.15, 0.2) is 47.8 Å². The van der Waals surface area contributed by atoms with Crippen LogP contribution in [0.25, 0.3) is 10.6 Å². The zero-order chi connectivity index (χ0) is 20.8. The van der Waals surface area contributed by atoms with Crippen LogP contribution in [-0.2, 0) is 27.2 Å². The molecule has 150 valence electrons. The summed E-state index contributed by atoms with van der Waals surface area (Å²) in [6, 6.07) is 13.9. The molecule has 29 heavy (non-hydrogen) atoms. The third-order valence-electron chi connectivity index (χ3n) is 4.73. The van der Waals surface area contributed by atoms with Crippen molar-refractivity contribution in [3.8, 4) is 10.6 Å². The molecule has 0 aliphatic rings. The monoisotopic (exact) mass is 408 g/mol.